The Hall–Kier alpha value is -3.63. The quantitative estimate of drug-likeness (QED) is 0.213. The van der Waals surface area contributed by atoms with Gasteiger partial charge in [0.25, 0.3) is 0 Å². The van der Waals surface area contributed by atoms with Gasteiger partial charge >= 0.3 is 0 Å². The molecule has 1 aliphatic rings. The van der Waals surface area contributed by atoms with Crippen molar-refractivity contribution in [3.8, 4) is 11.3 Å². The number of alkyl halides is 1. The van der Waals surface area contributed by atoms with E-state index in [1.807, 2.05) is 43.3 Å². The first-order valence-electron chi connectivity index (χ1n) is 13.7. The number of benzene rings is 2. The number of aromatic nitrogens is 3. The van der Waals surface area contributed by atoms with E-state index >= 15 is 4.39 Å². The maximum absolute atomic E-state index is 15.2. The maximum atomic E-state index is 15.2. The lowest BCUT2D eigenvalue weighted by Crippen LogP contribution is -2.49. The highest BCUT2D eigenvalue weighted by molar-refractivity contribution is 8.00. The molecule has 1 saturated heterocycles. The summed E-state index contributed by atoms with van der Waals surface area (Å²) in [6.07, 6.45) is 2.34. The molecule has 10 heteroatoms. The van der Waals surface area contributed by atoms with Crippen LogP contribution in [-0.2, 0) is 15.5 Å². The first kappa shape index (κ1) is 28.9. The van der Waals surface area contributed by atoms with Gasteiger partial charge < -0.3 is 15.4 Å². The van der Waals surface area contributed by atoms with E-state index < -0.39 is 20.9 Å². The summed E-state index contributed by atoms with van der Waals surface area (Å²) in [7, 11) is -2.81. The molecule has 0 saturated carbocycles. The molecule has 0 aliphatic carbocycles. The molecule has 5 rings (SSSR count). The first-order valence-corrected chi connectivity index (χ1v) is 15.6. The second-order valence-corrected chi connectivity index (χ2v) is 13.7. The first-order chi connectivity index (χ1) is 19.5. The van der Waals surface area contributed by atoms with Crippen LogP contribution in [0.25, 0.3) is 22.3 Å². The van der Waals surface area contributed by atoms with Gasteiger partial charge in [-0.2, -0.15) is 0 Å². The van der Waals surface area contributed by atoms with Crippen LogP contribution < -0.4 is 15.4 Å². The number of pyridine rings is 1. The summed E-state index contributed by atoms with van der Waals surface area (Å²) < 4.78 is 44.6. The fourth-order valence-electron chi connectivity index (χ4n) is 5.22. The Labute approximate surface area is 240 Å². The van der Waals surface area contributed by atoms with Crippen LogP contribution in [0.1, 0.15) is 44.2 Å². The van der Waals surface area contributed by atoms with Gasteiger partial charge in [-0.3, -0.25) is 4.39 Å². The molecule has 216 valence electrons. The number of fused-ring (bicyclic) bond motifs is 1. The highest BCUT2D eigenvalue weighted by atomic mass is 32.2. The minimum absolute atomic E-state index is 0.00693. The maximum Gasteiger partial charge on any atom is 0.223 e. The van der Waals surface area contributed by atoms with Gasteiger partial charge in [0.05, 0.1) is 35.5 Å². The molecule has 0 spiro atoms. The SMILES string of the molecule is C=S(=O)(Cc1ccccc1)Nc1ccc(-c2cc(C(C)C)c3nc(N[C@@H]4CNC[C@@](C)(CF)C4)ncc3n2)cc1F. The molecule has 7 nitrogen and oxygen atoms in total. The van der Waals surface area contributed by atoms with Crippen molar-refractivity contribution in [2.45, 2.75) is 44.9 Å². The molecule has 0 radical (unpaired) electrons. The van der Waals surface area contributed by atoms with Gasteiger partial charge in [0, 0.05) is 39.8 Å². The van der Waals surface area contributed by atoms with E-state index in [4.69, 9.17) is 9.97 Å². The zero-order valence-electron chi connectivity index (χ0n) is 23.6. The highest BCUT2D eigenvalue weighted by Gasteiger charge is 2.32. The Balaban J connectivity index is 1.39. The number of nitrogens with zero attached hydrogens (tertiary/aromatic N) is 3. The van der Waals surface area contributed by atoms with E-state index in [1.165, 1.54) is 6.07 Å². The van der Waals surface area contributed by atoms with Gasteiger partial charge in [-0.15, -0.1) is 0 Å². The number of piperidine rings is 1. The second kappa shape index (κ2) is 11.7. The van der Waals surface area contributed by atoms with E-state index in [0.717, 1.165) is 16.6 Å². The van der Waals surface area contributed by atoms with Crippen molar-refractivity contribution in [2.75, 3.05) is 29.8 Å². The van der Waals surface area contributed by atoms with Gasteiger partial charge in [0.15, 0.2) is 0 Å². The summed E-state index contributed by atoms with van der Waals surface area (Å²) in [4.78, 5) is 14.0. The van der Waals surface area contributed by atoms with Gasteiger partial charge in [-0.05, 0) is 47.5 Å². The molecule has 1 aliphatic heterocycles. The topological polar surface area (TPSA) is 91.8 Å². The van der Waals surface area contributed by atoms with Crippen molar-refractivity contribution < 1.29 is 13.0 Å². The lowest BCUT2D eigenvalue weighted by Gasteiger charge is -2.37. The predicted octanol–water partition coefficient (Wildman–Crippen LogP) is 5.95. The van der Waals surface area contributed by atoms with E-state index in [9.17, 15) is 8.60 Å². The van der Waals surface area contributed by atoms with Gasteiger partial charge in [-0.25, -0.2) is 23.6 Å². The Morgan fingerprint density at radius 3 is 2.66 bits per heavy atom. The number of hydrogen-bond acceptors (Lipinski definition) is 6. The summed E-state index contributed by atoms with van der Waals surface area (Å²) in [6.45, 7) is 7.03. The fourth-order valence-corrected chi connectivity index (χ4v) is 6.59. The van der Waals surface area contributed by atoms with Gasteiger partial charge in [0.2, 0.25) is 5.95 Å². The average Bonchev–Trinajstić information content (AvgIpc) is 2.93. The molecule has 0 bridgehead atoms. The molecule has 2 aromatic heterocycles. The number of hydrogen-bond donors (Lipinski definition) is 3. The molecule has 0 amide bonds. The van der Waals surface area contributed by atoms with Crippen LogP contribution in [0.5, 0.6) is 0 Å². The van der Waals surface area contributed by atoms with Crippen LogP contribution in [0.15, 0.2) is 60.8 Å². The van der Waals surface area contributed by atoms with Gasteiger partial charge in [0.1, 0.15) is 11.3 Å². The van der Waals surface area contributed by atoms with Crippen LogP contribution in [0, 0.1) is 11.2 Å². The van der Waals surface area contributed by atoms with E-state index in [-0.39, 0.29) is 30.1 Å². The van der Waals surface area contributed by atoms with E-state index in [1.54, 1.807) is 18.3 Å². The van der Waals surface area contributed by atoms with Crippen LogP contribution in [0.3, 0.4) is 0 Å². The molecule has 1 fully saturated rings. The Kier molecular flexibility index (Phi) is 8.24. The molecule has 3 heterocycles. The van der Waals surface area contributed by atoms with Crippen molar-refractivity contribution in [3.05, 3.63) is 77.7 Å². The number of anilines is 2. The lowest BCUT2D eigenvalue weighted by atomic mass is 9.82. The fraction of sp³-hybridized carbons (Fsp3) is 0.355. The zero-order valence-corrected chi connectivity index (χ0v) is 24.4. The second-order valence-electron chi connectivity index (χ2n) is 11.5. The van der Waals surface area contributed by atoms with Crippen molar-refractivity contribution >= 4 is 38.2 Å². The summed E-state index contributed by atoms with van der Waals surface area (Å²) in [5.74, 6) is 4.03. The lowest BCUT2D eigenvalue weighted by molar-refractivity contribution is 0.168. The smallest absolute Gasteiger partial charge is 0.223 e. The molecule has 3 atom stereocenters. The average molecular weight is 579 g/mol. The number of rotatable bonds is 9. The highest BCUT2D eigenvalue weighted by Crippen LogP contribution is 2.32. The van der Waals surface area contributed by atoms with Crippen molar-refractivity contribution in [3.63, 3.8) is 0 Å². The van der Waals surface area contributed by atoms with E-state index in [2.05, 4.69) is 40.1 Å². The van der Waals surface area contributed by atoms with Crippen LogP contribution >= 0.6 is 0 Å². The minimum Gasteiger partial charge on any atom is -0.350 e. The van der Waals surface area contributed by atoms with Crippen LogP contribution in [0.4, 0.5) is 20.4 Å². The monoisotopic (exact) mass is 578 g/mol. The predicted molar refractivity (Wildman–Crippen MR) is 165 cm³/mol. The van der Waals surface area contributed by atoms with Crippen LogP contribution in [-0.4, -0.2) is 50.8 Å². The van der Waals surface area contributed by atoms with E-state index in [0.29, 0.717) is 42.2 Å². The standard InChI is InChI=1S/C31H36F2N6OS/c1-20(2)24-13-27(22-10-11-26(25(33)12-22)39-41(4,40)17-21-8-6-5-7-9-21)37-28-16-35-30(38-29(24)28)36-23-14-31(3,18-32)19-34-15-23/h5-13,16,20,23,34H,4,14-15,17-19H2,1-3H3,(H,39,40)(H,35,36,38)/t23-,31+,41?/m0/s1. The summed E-state index contributed by atoms with van der Waals surface area (Å²) >= 11 is 0. The Morgan fingerprint density at radius 1 is 1.17 bits per heavy atom. The molecule has 4 aromatic rings. The summed E-state index contributed by atoms with van der Waals surface area (Å²) in [6, 6.07) is 16.0. The van der Waals surface area contributed by atoms with Gasteiger partial charge in [-0.1, -0.05) is 57.2 Å². The van der Waals surface area contributed by atoms with Crippen molar-refractivity contribution in [1.82, 2.24) is 20.3 Å². The molecule has 1 unspecified atom stereocenters. The number of halogens is 2. The third-order valence-corrected chi connectivity index (χ3v) is 8.73. The minimum atomic E-state index is -2.81. The Bertz CT molecular complexity index is 1650. The van der Waals surface area contributed by atoms with Crippen LogP contribution in [0.2, 0.25) is 0 Å². The number of nitrogens with one attached hydrogen (secondary N) is 3. The molecular weight excluding hydrogens is 542 g/mol. The third kappa shape index (κ3) is 6.82. The molecule has 2 aromatic carbocycles. The van der Waals surface area contributed by atoms with Crippen molar-refractivity contribution in [2.24, 2.45) is 5.41 Å². The molecule has 41 heavy (non-hydrogen) atoms. The molecule has 3 N–H and O–H groups in total. The largest absolute Gasteiger partial charge is 0.350 e. The Morgan fingerprint density at radius 2 is 1.95 bits per heavy atom. The summed E-state index contributed by atoms with van der Waals surface area (Å²) in [5.41, 5.74) is 3.99. The zero-order chi connectivity index (χ0) is 29.2. The third-order valence-electron chi connectivity index (χ3n) is 7.34. The molecular formula is C31H36F2N6OS. The summed E-state index contributed by atoms with van der Waals surface area (Å²) in [5, 5.41) is 6.65. The normalized spacial score (nSPS) is 20.6. The van der Waals surface area contributed by atoms with Crippen molar-refractivity contribution in [1.29, 1.82) is 0 Å².